The van der Waals surface area contributed by atoms with E-state index in [-0.39, 0.29) is 18.2 Å². The second kappa shape index (κ2) is 9.22. The van der Waals surface area contributed by atoms with Gasteiger partial charge in [-0.05, 0) is 62.1 Å². The number of hydrogen-bond donors (Lipinski definition) is 1. The van der Waals surface area contributed by atoms with E-state index in [1.165, 1.54) is 26.0 Å². The lowest BCUT2D eigenvalue weighted by atomic mass is 9.90. The maximum Gasteiger partial charge on any atom is 0.416 e. The van der Waals surface area contributed by atoms with E-state index in [1.54, 1.807) is 23.1 Å². The Morgan fingerprint density at radius 2 is 1.81 bits per heavy atom. The predicted molar refractivity (Wildman–Crippen MR) is 112 cm³/mol. The molecule has 5 nitrogen and oxygen atoms in total. The number of carboxylic acid groups (broad SMARTS) is 1. The van der Waals surface area contributed by atoms with E-state index in [1.807, 2.05) is 6.07 Å². The number of likely N-dealkylation sites (tertiary alicyclic amines) is 1. The summed E-state index contributed by atoms with van der Waals surface area (Å²) >= 11 is 0. The summed E-state index contributed by atoms with van der Waals surface area (Å²) in [5.41, 5.74) is -0.610. The molecule has 1 amide bonds. The number of halogens is 3. The van der Waals surface area contributed by atoms with Gasteiger partial charge in [0.15, 0.2) is 5.60 Å². The van der Waals surface area contributed by atoms with Crippen LogP contribution in [0.15, 0.2) is 48.5 Å². The number of nitrogens with zero attached hydrogens (tertiary/aromatic N) is 1. The first-order valence-corrected chi connectivity index (χ1v) is 10.4. The fourth-order valence-corrected chi connectivity index (χ4v) is 3.74. The van der Waals surface area contributed by atoms with Crippen molar-refractivity contribution in [1.82, 2.24) is 4.90 Å². The fourth-order valence-electron chi connectivity index (χ4n) is 3.74. The molecule has 8 heteroatoms. The Morgan fingerprint density at radius 1 is 1.12 bits per heavy atom. The number of carbonyl (C=O) groups is 2. The number of alkyl halides is 3. The molecule has 0 bridgehead atoms. The van der Waals surface area contributed by atoms with Gasteiger partial charge in [-0.1, -0.05) is 24.3 Å². The van der Waals surface area contributed by atoms with Crippen LogP contribution in [0.4, 0.5) is 13.2 Å². The lowest BCUT2D eigenvalue weighted by Crippen LogP contribution is -2.40. The summed E-state index contributed by atoms with van der Waals surface area (Å²) in [5.74, 6) is -0.686. The maximum atomic E-state index is 12.8. The number of hydrogen-bond acceptors (Lipinski definition) is 3. The highest BCUT2D eigenvalue weighted by molar-refractivity contribution is 5.79. The van der Waals surface area contributed by atoms with Gasteiger partial charge in [0.1, 0.15) is 5.75 Å². The van der Waals surface area contributed by atoms with Gasteiger partial charge in [0, 0.05) is 19.0 Å². The van der Waals surface area contributed by atoms with E-state index in [9.17, 15) is 27.9 Å². The first-order valence-electron chi connectivity index (χ1n) is 10.4. The molecular weight excluding hydrogens is 423 g/mol. The molecule has 2 aromatic rings. The zero-order chi connectivity index (χ0) is 23.5. The van der Waals surface area contributed by atoms with Crippen molar-refractivity contribution in [3.8, 4) is 5.75 Å². The highest BCUT2D eigenvalue weighted by Crippen LogP contribution is 2.31. The lowest BCUT2D eigenvalue weighted by molar-refractivity contribution is -0.152. The molecule has 1 N–H and O–H groups in total. The number of carbonyl (C=O) groups excluding carboxylic acids is 1. The predicted octanol–water partition coefficient (Wildman–Crippen LogP) is 4.90. The number of benzene rings is 2. The number of ether oxygens (including phenoxy) is 1. The minimum Gasteiger partial charge on any atom is -0.478 e. The lowest BCUT2D eigenvalue weighted by Gasteiger charge is -2.33. The van der Waals surface area contributed by atoms with E-state index >= 15 is 0 Å². The molecule has 1 saturated heterocycles. The molecule has 0 aliphatic carbocycles. The second-order valence-electron chi connectivity index (χ2n) is 8.54. The standard InChI is InChI=1S/C24H26F3NO4/c1-23(2,22(30)31)32-20-7-3-5-17(14-20)18-6-4-12-28(15-18)21(29)13-16-8-10-19(11-9-16)24(25,26)27/h3,5,7-11,14,18H,4,6,12-13,15H2,1-2H3,(H,30,31)/t18-/m0/s1. The van der Waals surface area contributed by atoms with Crippen LogP contribution < -0.4 is 4.74 Å². The SMILES string of the molecule is CC(C)(Oc1cccc([C@H]2CCCN(C(=O)Cc3ccc(C(F)(F)F)cc3)C2)c1)C(=O)O. The Balaban J connectivity index is 1.65. The molecule has 0 spiro atoms. The molecule has 1 fully saturated rings. The molecule has 0 aromatic heterocycles. The summed E-state index contributed by atoms with van der Waals surface area (Å²) in [5, 5.41) is 9.27. The molecule has 2 aromatic carbocycles. The largest absolute Gasteiger partial charge is 0.478 e. The molecule has 0 saturated carbocycles. The molecule has 0 unspecified atom stereocenters. The van der Waals surface area contributed by atoms with E-state index in [0.29, 0.717) is 24.4 Å². The Kier molecular flexibility index (Phi) is 6.81. The number of carboxylic acids is 1. The summed E-state index contributed by atoms with van der Waals surface area (Å²) in [4.78, 5) is 25.8. The summed E-state index contributed by atoms with van der Waals surface area (Å²) in [6.45, 7) is 4.04. The van der Waals surface area contributed by atoms with Crippen molar-refractivity contribution in [2.45, 2.75) is 50.8 Å². The zero-order valence-corrected chi connectivity index (χ0v) is 18.0. The molecule has 1 aliphatic heterocycles. The molecule has 1 heterocycles. The first kappa shape index (κ1) is 23.6. The molecule has 172 valence electrons. The fraction of sp³-hybridized carbons (Fsp3) is 0.417. The summed E-state index contributed by atoms with van der Waals surface area (Å²) < 4.78 is 43.8. The summed E-state index contributed by atoms with van der Waals surface area (Å²) in [7, 11) is 0. The van der Waals surface area contributed by atoms with Crippen LogP contribution in [0, 0.1) is 0 Å². The monoisotopic (exact) mass is 449 g/mol. The first-order chi connectivity index (χ1) is 15.0. The van der Waals surface area contributed by atoms with Crippen LogP contribution in [0.5, 0.6) is 5.75 Å². The molecular formula is C24H26F3NO4. The number of rotatable bonds is 6. The van der Waals surface area contributed by atoms with Gasteiger partial charge >= 0.3 is 12.1 Å². The minimum absolute atomic E-state index is 0.0425. The number of amides is 1. The highest BCUT2D eigenvalue weighted by atomic mass is 19.4. The van der Waals surface area contributed by atoms with Crippen molar-refractivity contribution in [3.05, 3.63) is 65.2 Å². The van der Waals surface area contributed by atoms with Crippen molar-refractivity contribution in [1.29, 1.82) is 0 Å². The average molecular weight is 449 g/mol. The van der Waals surface area contributed by atoms with Crippen molar-refractivity contribution in [3.63, 3.8) is 0 Å². The smallest absolute Gasteiger partial charge is 0.416 e. The van der Waals surface area contributed by atoms with Crippen LogP contribution in [0.3, 0.4) is 0 Å². The molecule has 32 heavy (non-hydrogen) atoms. The van der Waals surface area contributed by atoms with Gasteiger partial charge in [0.25, 0.3) is 0 Å². The summed E-state index contributed by atoms with van der Waals surface area (Å²) in [6.07, 6.45) is -2.69. The molecule has 1 atom stereocenters. The van der Waals surface area contributed by atoms with Crippen LogP contribution in [0.2, 0.25) is 0 Å². The number of piperidine rings is 1. The van der Waals surface area contributed by atoms with E-state index in [0.717, 1.165) is 30.5 Å². The van der Waals surface area contributed by atoms with Crippen LogP contribution in [-0.4, -0.2) is 40.6 Å². The quantitative estimate of drug-likeness (QED) is 0.682. The van der Waals surface area contributed by atoms with Crippen molar-refractivity contribution in [2.75, 3.05) is 13.1 Å². The third kappa shape index (κ3) is 5.81. The van der Waals surface area contributed by atoms with Gasteiger partial charge in [-0.2, -0.15) is 13.2 Å². The molecule has 0 radical (unpaired) electrons. The topological polar surface area (TPSA) is 66.8 Å². The van der Waals surface area contributed by atoms with E-state index in [4.69, 9.17) is 4.74 Å². The maximum absolute atomic E-state index is 12.8. The normalized spacial score (nSPS) is 17.2. The van der Waals surface area contributed by atoms with Crippen LogP contribution in [-0.2, 0) is 22.2 Å². The second-order valence-corrected chi connectivity index (χ2v) is 8.54. The van der Waals surface area contributed by atoms with Crippen LogP contribution in [0.1, 0.15) is 49.3 Å². The Morgan fingerprint density at radius 3 is 2.44 bits per heavy atom. The average Bonchev–Trinajstić information content (AvgIpc) is 2.73. The van der Waals surface area contributed by atoms with Gasteiger partial charge in [0.2, 0.25) is 5.91 Å². The Labute approximate surface area is 184 Å². The van der Waals surface area contributed by atoms with Gasteiger partial charge in [0.05, 0.1) is 12.0 Å². The van der Waals surface area contributed by atoms with Crippen LogP contribution >= 0.6 is 0 Å². The minimum atomic E-state index is -4.40. The van der Waals surface area contributed by atoms with Gasteiger partial charge < -0.3 is 14.7 Å². The van der Waals surface area contributed by atoms with Crippen molar-refractivity contribution < 1.29 is 32.6 Å². The van der Waals surface area contributed by atoms with Crippen molar-refractivity contribution in [2.24, 2.45) is 0 Å². The van der Waals surface area contributed by atoms with Crippen LogP contribution in [0.25, 0.3) is 0 Å². The van der Waals surface area contributed by atoms with Gasteiger partial charge in [-0.15, -0.1) is 0 Å². The summed E-state index contributed by atoms with van der Waals surface area (Å²) in [6, 6.07) is 11.9. The third-order valence-electron chi connectivity index (χ3n) is 5.63. The number of aliphatic carboxylic acids is 1. The van der Waals surface area contributed by atoms with Gasteiger partial charge in [-0.25, -0.2) is 4.79 Å². The Bertz CT molecular complexity index is 970. The third-order valence-corrected chi connectivity index (χ3v) is 5.63. The zero-order valence-electron chi connectivity index (χ0n) is 18.0. The Hall–Kier alpha value is -3.03. The molecule has 3 rings (SSSR count). The van der Waals surface area contributed by atoms with E-state index in [2.05, 4.69) is 0 Å². The molecule has 1 aliphatic rings. The highest BCUT2D eigenvalue weighted by Gasteiger charge is 2.31. The van der Waals surface area contributed by atoms with Gasteiger partial charge in [-0.3, -0.25) is 4.79 Å². The van der Waals surface area contributed by atoms with E-state index < -0.39 is 23.3 Å². The van der Waals surface area contributed by atoms with Crippen molar-refractivity contribution >= 4 is 11.9 Å².